The molecule has 0 saturated heterocycles. The van der Waals surface area contributed by atoms with Crippen LogP contribution in [-0.4, -0.2) is 9.91 Å². The second-order valence-corrected chi connectivity index (χ2v) is 4.67. The fourth-order valence-corrected chi connectivity index (χ4v) is 1.90. The van der Waals surface area contributed by atoms with E-state index in [2.05, 4.69) is 4.98 Å². The molecule has 104 valence electrons. The molecule has 0 aliphatic heterocycles. The molecular weight excluding hydrogens is 258 g/mol. The molecule has 0 atom stereocenters. The smallest absolute Gasteiger partial charge is 0.276 e. The van der Waals surface area contributed by atoms with E-state index in [1.807, 2.05) is 13.8 Å². The van der Waals surface area contributed by atoms with Gasteiger partial charge in [0, 0.05) is 11.8 Å². The van der Waals surface area contributed by atoms with Crippen molar-refractivity contribution in [2.24, 2.45) is 0 Å². The minimum atomic E-state index is -0.437. The van der Waals surface area contributed by atoms with Crippen LogP contribution in [0.2, 0.25) is 0 Å². The highest BCUT2D eigenvalue weighted by Gasteiger charge is 2.16. The average molecular weight is 273 g/mol. The summed E-state index contributed by atoms with van der Waals surface area (Å²) in [5.74, 6) is 0.627. The first-order chi connectivity index (χ1) is 9.38. The topological polar surface area (TPSA) is 91.3 Å². The predicted molar refractivity (Wildman–Crippen MR) is 76.0 cm³/mol. The van der Waals surface area contributed by atoms with Crippen molar-refractivity contribution in [1.82, 2.24) is 4.98 Å². The lowest BCUT2D eigenvalue weighted by atomic mass is 10.1. The van der Waals surface area contributed by atoms with Crippen LogP contribution in [0.1, 0.15) is 16.7 Å². The number of anilines is 1. The third-order valence-electron chi connectivity index (χ3n) is 2.91. The molecule has 6 heteroatoms. The summed E-state index contributed by atoms with van der Waals surface area (Å²) in [6, 6.07) is 4.84. The Bertz CT molecular complexity index is 684. The number of hydrogen-bond acceptors (Lipinski definition) is 5. The number of nitrogen functional groups attached to an aromatic ring is 1. The zero-order chi connectivity index (χ0) is 14.9. The minimum absolute atomic E-state index is 0.0104. The number of nitro groups is 1. The first-order valence-electron chi connectivity index (χ1n) is 6.04. The molecule has 2 rings (SSSR count). The first-order valence-corrected chi connectivity index (χ1v) is 6.04. The maximum Gasteiger partial charge on any atom is 0.276 e. The molecule has 1 heterocycles. The lowest BCUT2D eigenvalue weighted by molar-refractivity contribution is -0.385. The molecule has 0 radical (unpaired) electrons. The van der Waals surface area contributed by atoms with Crippen molar-refractivity contribution in [3.8, 4) is 11.6 Å². The van der Waals surface area contributed by atoms with E-state index in [0.717, 1.165) is 11.1 Å². The fourth-order valence-electron chi connectivity index (χ4n) is 1.90. The number of nitro benzene ring substituents is 1. The number of benzene rings is 1. The molecule has 0 bridgehead atoms. The third kappa shape index (κ3) is 2.69. The van der Waals surface area contributed by atoms with Crippen molar-refractivity contribution >= 4 is 11.4 Å². The molecule has 0 aliphatic carbocycles. The maximum atomic E-state index is 11.0. The monoisotopic (exact) mass is 273 g/mol. The van der Waals surface area contributed by atoms with Gasteiger partial charge in [0.15, 0.2) is 0 Å². The van der Waals surface area contributed by atoms with Gasteiger partial charge in [0.2, 0.25) is 5.88 Å². The summed E-state index contributed by atoms with van der Waals surface area (Å²) < 4.78 is 5.60. The summed E-state index contributed by atoms with van der Waals surface area (Å²) in [6.45, 7) is 5.37. The summed E-state index contributed by atoms with van der Waals surface area (Å²) in [5, 5.41) is 11.0. The van der Waals surface area contributed by atoms with Gasteiger partial charge in [-0.25, -0.2) is 4.98 Å². The third-order valence-corrected chi connectivity index (χ3v) is 2.91. The normalized spacial score (nSPS) is 10.3. The molecule has 2 aromatic rings. The lowest BCUT2D eigenvalue weighted by Crippen LogP contribution is -1.99. The summed E-state index contributed by atoms with van der Waals surface area (Å²) in [5.41, 5.74) is 8.52. The highest BCUT2D eigenvalue weighted by Crippen LogP contribution is 2.32. The number of ether oxygens (including phenoxy) is 1. The van der Waals surface area contributed by atoms with Gasteiger partial charge in [0.1, 0.15) is 5.75 Å². The van der Waals surface area contributed by atoms with Crippen molar-refractivity contribution in [2.45, 2.75) is 20.8 Å². The highest BCUT2D eigenvalue weighted by atomic mass is 16.6. The number of nitrogens with two attached hydrogens (primary N) is 1. The predicted octanol–water partition coefficient (Wildman–Crippen LogP) is 3.29. The van der Waals surface area contributed by atoms with Crippen LogP contribution in [0.5, 0.6) is 11.6 Å². The lowest BCUT2D eigenvalue weighted by Gasteiger charge is -2.11. The van der Waals surface area contributed by atoms with Gasteiger partial charge in [0.25, 0.3) is 5.69 Å². The summed E-state index contributed by atoms with van der Waals surface area (Å²) >= 11 is 0. The molecule has 0 spiro atoms. The molecule has 0 amide bonds. The standard InChI is InChI=1S/C14H15N3O3/c1-8-4-11(15)14(16-7-8)20-13-6-12(17(18)19)9(2)5-10(13)3/h4-7H,15H2,1-3H3. The maximum absolute atomic E-state index is 11.0. The summed E-state index contributed by atoms with van der Waals surface area (Å²) in [4.78, 5) is 14.6. The number of hydrogen-bond donors (Lipinski definition) is 1. The van der Waals surface area contributed by atoms with Crippen LogP contribution in [0.3, 0.4) is 0 Å². The summed E-state index contributed by atoms with van der Waals surface area (Å²) in [7, 11) is 0. The van der Waals surface area contributed by atoms with Gasteiger partial charge in [0.05, 0.1) is 16.7 Å². The molecule has 0 aliphatic rings. The van der Waals surface area contributed by atoms with Crippen molar-refractivity contribution in [1.29, 1.82) is 0 Å². The Morgan fingerprint density at radius 2 is 1.90 bits per heavy atom. The van der Waals surface area contributed by atoms with Crippen LogP contribution in [0.25, 0.3) is 0 Å². The van der Waals surface area contributed by atoms with Gasteiger partial charge >= 0.3 is 0 Å². The van der Waals surface area contributed by atoms with E-state index in [-0.39, 0.29) is 11.6 Å². The van der Waals surface area contributed by atoms with Crippen LogP contribution in [0.15, 0.2) is 24.4 Å². The largest absolute Gasteiger partial charge is 0.437 e. The number of rotatable bonds is 3. The molecule has 0 saturated carbocycles. The van der Waals surface area contributed by atoms with Gasteiger partial charge < -0.3 is 10.5 Å². The van der Waals surface area contributed by atoms with Crippen molar-refractivity contribution in [3.05, 3.63) is 51.2 Å². The number of aryl methyl sites for hydroxylation is 3. The first kappa shape index (κ1) is 13.8. The number of pyridine rings is 1. The Balaban J connectivity index is 2.43. The Hall–Kier alpha value is -2.63. The molecule has 20 heavy (non-hydrogen) atoms. The zero-order valence-electron chi connectivity index (χ0n) is 11.5. The van der Waals surface area contributed by atoms with Crippen molar-refractivity contribution in [3.63, 3.8) is 0 Å². The van der Waals surface area contributed by atoms with Crippen LogP contribution in [-0.2, 0) is 0 Å². The second-order valence-electron chi connectivity index (χ2n) is 4.67. The van der Waals surface area contributed by atoms with E-state index in [9.17, 15) is 10.1 Å². The van der Waals surface area contributed by atoms with E-state index in [0.29, 0.717) is 17.0 Å². The van der Waals surface area contributed by atoms with Crippen LogP contribution < -0.4 is 10.5 Å². The van der Waals surface area contributed by atoms with Gasteiger partial charge in [-0.05, 0) is 44.0 Å². The van der Waals surface area contributed by atoms with Gasteiger partial charge in [-0.15, -0.1) is 0 Å². The molecular formula is C14H15N3O3. The van der Waals surface area contributed by atoms with Crippen LogP contribution >= 0.6 is 0 Å². The summed E-state index contributed by atoms with van der Waals surface area (Å²) in [6.07, 6.45) is 1.63. The SMILES string of the molecule is Cc1cnc(Oc2cc([N+](=O)[O-])c(C)cc2C)c(N)c1. The zero-order valence-corrected chi connectivity index (χ0v) is 11.5. The molecule has 6 nitrogen and oxygen atoms in total. The molecule has 0 unspecified atom stereocenters. The quantitative estimate of drug-likeness (QED) is 0.684. The van der Waals surface area contributed by atoms with E-state index in [1.54, 1.807) is 25.3 Å². The van der Waals surface area contributed by atoms with Crippen molar-refractivity contribution < 1.29 is 9.66 Å². The van der Waals surface area contributed by atoms with E-state index >= 15 is 0 Å². The number of aromatic nitrogens is 1. The van der Waals surface area contributed by atoms with E-state index in [4.69, 9.17) is 10.5 Å². The highest BCUT2D eigenvalue weighted by molar-refractivity contribution is 5.54. The second kappa shape index (κ2) is 5.16. The van der Waals surface area contributed by atoms with E-state index < -0.39 is 4.92 Å². The van der Waals surface area contributed by atoms with Crippen LogP contribution in [0, 0.1) is 30.9 Å². The van der Waals surface area contributed by atoms with Gasteiger partial charge in [-0.3, -0.25) is 10.1 Å². The van der Waals surface area contributed by atoms with Gasteiger partial charge in [-0.1, -0.05) is 0 Å². The number of nitrogens with zero attached hydrogens (tertiary/aromatic N) is 2. The van der Waals surface area contributed by atoms with Gasteiger partial charge in [-0.2, -0.15) is 0 Å². The van der Waals surface area contributed by atoms with E-state index in [1.165, 1.54) is 6.07 Å². The molecule has 0 fully saturated rings. The molecule has 1 aromatic carbocycles. The minimum Gasteiger partial charge on any atom is -0.437 e. The Morgan fingerprint density at radius 3 is 2.50 bits per heavy atom. The average Bonchev–Trinajstić information content (AvgIpc) is 2.35. The van der Waals surface area contributed by atoms with Crippen molar-refractivity contribution in [2.75, 3.05) is 5.73 Å². The Labute approximate surface area is 116 Å². The molecule has 1 aromatic heterocycles. The fraction of sp³-hybridized carbons (Fsp3) is 0.214. The van der Waals surface area contributed by atoms with Crippen LogP contribution in [0.4, 0.5) is 11.4 Å². The Morgan fingerprint density at radius 1 is 1.20 bits per heavy atom. The molecule has 2 N–H and O–H groups in total. The Kier molecular flexibility index (Phi) is 3.56.